The van der Waals surface area contributed by atoms with Gasteiger partial charge in [0.2, 0.25) is 11.2 Å². The fraction of sp³-hybridized carbons (Fsp3) is 0.238. The number of carbonyl (C=O) groups is 1. The van der Waals surface area contributed by atoms with Crippen LogP contribution in [0.15, 0.2) is 57.9 Å². The summed E-state index contributed by atoms with van der Waals surface area (Å²) in [5, 5.41) is 3.08. The lowest BCUT2D eigenvalue weighted by molar-refractivity contribution is 0.0941. The first-order chi connectivity index (χ1) is 14.3. The van der Waals surface area contributed by atoms with E-state index < -0.39 is 9.84 Å². The molecule has 4 rings (SSSR count). The van der Waals surface area contributed by atoms with Crippen molar-refractivity contribution in [1.82, 2.24) is 5.32 Å². The Morgan fingerprint density at radius 1 is 1.13 bits per heavy atom. The maximum Gasteiger partial charge on any atom is 0.251 e. The molecule has 1 aromatic heterocycles. The average molecular weight is 429 g/mol. The number of methoxy groups -OCH3 is 1. The maximum atomic E-state index is 12.6. The van der Waals surface area contributed by atoms with Crippen molar-refractivity contribution < 1.29 is 27.1 Å². The Bertz CT molecular complexity index is 1260. The minimum absolute atomic E-state index is 0.0148. The Kier molecular flexibility index (Phi) is 5.21. The van der Waals surface area contributed by atoms with Crippen molar-refractivity contribution in [1.29, 1.82) is 0 Å². The van der Waals surface area contributed by atoms with E-state index in [4.69, 9.17) is 13.9 Å². The van der Waals surface area contributed by atoms with Crippen molar-refractivity contribution in [3.05, 3.63) is 64.5 Å². The van der Waals surface area contributed by atoms with E-state index in [2.05, 4.69) is 5.32 Å². The maximum absolute atomic E-state index is 12.6. The van der Waals surface area contributed by atoms with Crippen LogP contribution in [0.2, 0.25) is 0 Å². The number of benzene rings is 2. The van der Waals surface area contributed by atoms with E-state index in [-0.39, 0.29) is 34.6 Å². The largest absolute Gasteiger partial charge is 0.497 e. The second kappa shape index (κ2) is 7.83. The number of ether oxygens (including phenoxy) is 2. The summed E-state index contributed by atoms with van der Waals surface area (Å²) in [5.41, 5.74) is 0.417. The molecule has 8 nitrogen and oxygen atoms in total. The average Bonchev–Trinajstić information content (AvgIpc) is 3.08. The lowest BCUT2D eigenvalue weighted by Crippen LogP contribution is -2.35. The molecule has 1 saturated heterocycles. The van der Waals surface area contributed by atoms with Gasteiger partial charge in [0.25, 0.3) is 5.91 Å². The van der Waals surface area contributed by atoms with Crippen molar-refractivity contribution in [2.45, 2.75) is 12.5 Å². The molecule has 2 heterocycles. The summed E-state index contributed by atoms with van der Waals surface area (Å²) in [6.07, 6.45) is 1.64. The molecule has 1 fully saturated rings. The highest BCUT2D eigenvalue weighted by atomic mass is 32.2. The number of carbonyl (C=O) groups excluding carboxylic acids is 1. The van der Waals surface area contributed by atoms with Gasteiger partial charge >= 0.3 is 0 Å². The third kappa shape index (κ3) is 4.16. The van der Waals surface area contributed by atoms with Crippen LogP contribution < -0.4 is 20.2 Å². The number of rotatable bonds is 5. The summed E-state index contributed by atoms with van der Waals surface area (Å²) in [5.74, 6) is 0.637. The highest BCUT2D eigenvalue weighted by Crippen LogP contribution is 2.24. The molecule has 0 radical (unpaired) electrons. The zero-order valence-electron chi connectivity index (χ0n) is 16.1. The van der Waals surface area contributed by atoms with Gasteiger partial charge in [0.15, 0.2) is 9.84 Å². The molecule has 0 unspecified atom stereocenters. The standard InChI is InChI=1S/C21H19NO7S/c1-27-16-6-7-17-18(10-16)28-11-19(20(17)23)29-15-4-2-13(3-5-15)21(24)22-14-8-9-30(25,26)12-14/h2-7,10-11,14H,8-9,12H2,1H3,(H,22,24)/t14-/m0/s1. The van der Waals surface area contributed by atoms with E-state index in [1.807, 2.05) is 0 Å². The SMILES string of the molecule is COc1ccc2c(=O)c(Oc3ccc(C(=O)N[C@H]4CCS(=O)(=O)C4)cc3)coc2c1. The lowest BCUT2D eigenvalue weighted by Gasteiger charge is -2.11. The third-order valence-corrected chi connectivity index (χ3v) is 6.63. The fourth-order valence-corrected chi connectivity index (χ4v) is 4.94. The minimum atomic E-state index is -3.07. The Hall–Kier alpha value is -3.33. The zero-order chi connectivity index (χ0) is 21.3. The van der Waals surface area contributed by atoms with E-state index in [9.17, 15) is 18.0 Å². The van der Waals surface area contributed by atoms with E-state index in [1.165, 1.54) is 13.4 Å². The summed E-state index contributed by atoms with van der Waals surface area (Å²) in [6.45, 7) is 0. The molecule has 0 bridgehead atoms. The molecule has 2 aromatic carbocycles. The number of hydrogen-bond donors (Lipinski definition) is 1. The molecule has 1 aliphatic heterocycles. The highest BCUT2D eigenvalue weighted by Gasteiger charge is 2.29. The van der Waals surface area contributed by atoms with E-state index in [0.29, 0.717) is 34.5 Å². The van der Waals surface area contributed by atoms with Crippen molar-refractivity contribution in [2.24, 2.45) is 0 Å². The topological polar surface area (TPSA) is 112 Å². The Balaban J connectivity index is 1.47. The Morgan fingerprint density at radius 3 is 2.53 bits per heavy atom. The lowest BCUT2D eigenvalue weighted by atomic mass is 10.2. The van der Waals surface area contributed by atoms with E-state index in [0.717, 1.165) is 0 Å². The van der Waals surface area contributed by atoms with Gasteiger partial charge in [-0.3, -0.25) is 9.59 Å². The number of fused-ring (bicyclic) bond motifs is 1. The quantitative estimate of drug-likeness (QED) is 0.663. The number of sulfone groups is 1. The van der Waals surface area contributed by atoms with Crippen molar-refractivity contribution in [2.75, 3.05) is 18.6 Å². The molecule has 0 aliphatic carbocycles. The Morgan fingerprint density at radius 2 is 1.87 bits per heavy atom. The van der Waals surface area contributed by atoms with Crippen molar-refractivity contribution >= 4 is 26.7 Å². The molecule has 3 aromatic rings. The normalized spacial score (nSPS) is 17.6. The summed E-state index contributed by atoms with van der Waals surface area (Å²) < 4.78 is 39.2. The van der Waals surface area contributed by atoms with Gasteiger partial charge in [-0.2, -0.15) is 0 Å². The minimum Gasteiger partial charge on any atom is -0.497 e. The van der Waals surface area contributed by atoms with Crippen molar-refractivity contribution in [3.63, 3.8) is 0 Å². The molecule has 1 N–H and O–H groups in total. The summed E-state index contributed by atoms with van der Waals surface area (Å²) >= 11 is 0. The predicted octanol–water partition coefficient (Wildman–Crippen LogP) is 2.51. The van der Waals surface area contributed by atoms with Crippen LogP contribution >= 0.6 is 0 Å². The van der Waals surface area contributed by atoms with Crippen LogP contribution in [-0.2, 0) is 9.84 Å². The Labute approximate surface area is 172 Å². The van der Waals surface area contributed by atoms with Crippen LogP contribution in [0, 0.1) is 0 Å². The molecular weight excluding hydrogens is 410 g/mol. The number of hydrogen-bond acceptors (Lipinski definition) is 7. The van der Waals surface area contributed by atoms with Crippen LogP contribution in [0.5, 0.6) is 17.2 Å². The molecule has 0 saturated carbocycles. The molecule has 156 valence electrons. The van der Waals surface area contributed by atoms with E-state index >= 15 is 0 Å². The van der Waals surface area contributed by atoms with Gasteiger partial charge in [-0.1, -0.05) is 0 Å². The second-order valence-electron chi connectivity index (χ2n) is 6.99. The molecule has 1 aliphatic rings. The van der Waals surface area contributed by atoms with Gasteiger partial charge < -0.3 is 19.2 Å². The number of nitrogens with one attached hydrogen (secondary N) is 1. The molecule has 1 atom stereocenters. The number of amides is 1. The van der Waals surface area contributed by atoms with Gasteiger partial charge in [0.05, 0.1) is 24.0 Å². The summed E-state index contributed by atoms with van der Waals surface area (Å²) in [7, 11) is -1.54. The summed E-state index contributed by atoms with van der Waals surface area (Å²) in [4.78, 5) is 24.9. The second-order valence-corrected chi connectivity index (χ2v) is 9.22. The fourth-order valence-electron chi connectivity index (χ4n) is 3.27. The van der Waals surface area contributed by atoms with Crippen LogP contribution in [0.3, 0.4) is 0 Å². The van der Waals surface area contributed by atoms with Gasteiger partial charge in [0, 0.05) is 17.7 Å². The van der Waals surface area contributed by atoms with Crippen LogP contribution in [0.1, 0.15) is 16.8 Å². The highest BCUT2D eigenvalue weighted by molar-refractivity contribution is 7.91. The molecule has 1 amide bonds. The van der Waals surface area contributed by atoms with Crippen LogP contribution in [-0.4, -0.2) is 39.0 Å². The molecular formula is C21H19NO7S. The van der Waals surface area contributed by atoms with Gasteiger partial charge in [-0.05, 0) is 42.8 Å². The van der Waals surface area contributed by atoms with Gasteiger partial charge in [0.1, 0.15) is 23.3 Å². The summed E-state index contributed by atoms with van der Waals surface area (Å²) in [6, 6.07) is 10.7. The molecule has 0 spiro atoms. The molecule has 9 heteroatoms. The zero-order valence-corrected chi connectivity index (χ0v) is 16.9. The first-order valence-electron chi connectivity index (χ1n) is 9.23. The van der Waals surface area contributed by atoms with Gasteiger partial charge in [-0.25, -0.2) is 8.42 Å². The smallest absolute Gasteiger partial charge is 0.251 e. The third-order valence-electron chi connectivity index (χ3n) is 4.86. The van der Waals surface area contributed by atoms with Crippen LogP contribution in [0.4, 0.5) is 0 Å². The molecule has 30 heavy (non-hydrogen) atoms. The monoisotopic (exact) mass is 429 g/mol. The first-order valence-corrected chi connectivity index (χ1v) is 11.1. The predicted molar refractivity (Wildman–Crippen MR) is 110 cm³/mol. The van der Waals surface area contributed by atoms with Crippen molar-refractivity contribution in [3.8, 4) is 17.2 Å². The first kappa shape index (κ1) is 20.0. The van der Waals surface area contributed by atoms with Crippen LogP contribution in [0.25, 0.3) is 11.0 Å². The van der Waals surface area contributed by atoms with E-state index in [1.54, 1.807) is 42.5 Å². The van der Waals surface area contributed by atoms with Gasteiger partial charge in [-0.15, -0.1) is 0 Å².